The molecule has 0 amide bonds. The van der Waals surface area contributed by atoms with Crippen LogP contribution in [-0.4, -0.2) is 16.0 Å². The summed E-state index contributed by atoms with van der Waals surface area (Å²) in [4.78, 5) is 4.12. The van der Waals surface area contributed by atoms with Crippen LogP contribution in [-0.2, 0) is 0 Å². The Labute approximate surface area is 83.4 Å². The summed E-state index contributed by atoms with van der Waals surface area (Å²) >= 11 is 1.48. The fourth-order valence-corrected chi connectivity index (χ4v) is 1.20. The summed E-state index contributed by atoms with van der Waals surface area (Å²) in [7, 11) is 0. The van der Waals surface area contributed by atoms with Crippen LogP contribution in [0.25, 0.3) is 0 Å². The zero-order chi connectivity index (χ0) is 10.3. The number of nitrogens with two attached hydrogens (primary N) is 1. The number of aliphatic hydroxyl groups excluding tert-OH is 1. The van der Waals surface area contributed by atoms with E-state index >= 15 is 0 Å². The maximum absolute atomic E-state index is 8.91. The molecular formula is C9H16N2OS. The Balaban J connectivity index is 4.43. The lowest BCUT2D eigenvalue weighted by molar-refractivity contribution is 0.434. The van der Waals surface area contributed by atoms with Gasteiger partial charge >= 0.3 is 0 Å². The van der Waals surface area contributed by atoms with E-state index in [9.17, 15) is 0 Å². The van der Waals surface area contributed by atoms with E-state index in [1.165, 1.54) is 17.8 Å². The van der Waals surface area contributed by atoms with Crippen molar-refractivity contribution < 1.29 is 5.11 Å². The van der Waals surface area contributed by atoms with E-state index < -0.39 is 0 Å². The number of thioether (sulfide) groups is 1. The lowest BCUT2D eigenvalue weighted by atomic mass is 10.3. The quantitative estimate of drug-likeness (QED) is 0.317. The number of hydrogen-bond acceptors (Lipinski definition) is 3. The Hall–Kier alpha value is -0.900. The number of hydrogen-bond donors (Lipinski definition) is 2. The van der Waals surface area contributed by atoms with Crippen molar-refractivity contribution in [3.05, 3.63) is 24.1 Å². The van der Waals surface area contributed by atoms with Crippen molar-refractivity contribution in [3.63, 3.8) is 0 Å². The van der Waals surface area contributed by atoms with Crippen molar-refractivity contribution in [1.29, 1.82) is 0 Å². The largest absolute Gasteiger partial charge is 0.509 e. The molecule has 0 bridgehead atoms. The van der Waals surface area contributed by atoms with Gasteiger partial charge in [-0.15, -0.1) is 0 Å². The lowest BCUT2D eigenvalue weighted by Crippen LogP contribution is -2.07. The maximum atomic E-state index is 8.91. The summed E-state index contributed by atoms with van der Waals surface area (Å²) < 4.78 is 0. The second kappa shape index (κ2) is 6.60. The molecule has 0 radical (unpaired) electrons. The van der Waals surface area contributed by atoms with E-state index in [0.29, 0.717) is 5.17 Å². The molecule has 4 heteroatoms. The summed E-state index contributed by atoms with van der Waals surface area (Å²) in [6.07, 6.45) is 2.24. The summed E-state index contributed by atoms with van der Waals surface area (Å²) in [6, 6.07) is 0. The van der Waals surface area contributed by atoms with Crippen LogP contribution in [0.2, 0.25) is 0 Å². The molecule has 3 N–H and O–H groups in total. The average molecular weight is 200 g/mol. The smallest absolute Gasteiger partial charge is 0.158 e. The number of amidine groups is 1. The van der Waals surface area contributed by atoms with Gasteiger partial charge in [-0.1, -0.05) is 32.2 Å². The highest BCUT2D eigenvalue weighted by Gasteiger charge is 1.95. The molecule has 0 aliphatic rings. The minimum Gasteiger partial charge on any atom is -0.509 e. The SMILES string of the molecule is C=C(O)/C=C(CC)/N=C(/N)SCC. The molecule has 0 unspecified atom stereocenters. The minimum absolute atomic E-state index is 0.00917. The van der Waals surface area contributed by atoms with Crippen LogP contribution >= 0.6 is 11.8 Å². The first-order valence-corrected chi connectivity index (χ1v) is 5.14. The van der Waals surface area contributed by atoms with Crippen LogP contribution < -0.4 is 5.73 Å². The molecule has 13 heavy (non-hydrogen) atoms. The monoisotopic (exact) mass is 200 g/mol. The second-order valence-electron chi connectivity index (χ2n) is 2.36. The third-order valence-electron chi connectivity index (χ3n) is 1.24. The Morgan fingerprint density at radius 1 is 1.62 bits per heavy atom. The highest BCUT2D eigenvalue weighted by atomic mass is 32.2. The van der Waals surface area contributed by atoms with E-state index in [-0.39, 0.29) is 5.76 Å². The van der Waals surface area contributed by atoms with Crippen molar-refractivity contribution >= 4 is 16.9 Å². The standard InChI is InChI=1S/C9H16N2OS/c1-4-8(6-7(3)12)11-9(10)13-5-2/h6,12H,3-5H2,1-2H3,(H2,10,11)/b8-6+. The van der Waals surface area contributed by atoms with Crippen LogP contribution in [0.1, 0.15) is 20.3 Å². The second-order valence-corrected chi connectivity index (χ2v) is 3.65. The zero-order valence-electron chi connectivity index (χ0n) is 8.08. The van der Waals surface area contributed by atoms with E-state index in [1.54, 1.807) is 0 Å². The van der Waals surface area contributed by atoms with E-state index in [2.05, 4.69) is 11.6 Å². The molecule has 0 aliphatic carbocycles. The third-order valence-corrected chi connectivity index (χ3v) is 1.92. The molecule has 0 spiro atoms. The lowest BCUT2D eigenvalue weighted by Gasteiger charge is -2.00. The normalized spacial score (nSPS) is 13.1. The molecule has 0 aliphatic heterocycles. The van der Waals surface area contributed by atoms with Gasteiger partial charge in [-0.3, -0.25) is 0 Å². The van der Waals surface area contributed by atoms with Crippen molar-refractivity contribution in [3.8, 4) is 0 Å². The summed E-state index contributed by atoms with van der Waals surface area (Å²) in [5.74, 6) is 0.904. The maximum Gasteiger partial charge on any atom is 0.158 e. The van der Waals surface area contributed by atoms with Gasteiger partial charge in [0.15, 0.2) is 5.17 Å². The van der Waals surface area contributed by atoms with Crippen LogP contribution in [0, 0.1) is 0 Å². The molecule has 0 fully saturated rings. The van der Waals surface area contributed by atoms with E-state index in [4.69, 9.17) is 10.8 Å². The van der Waals surface area contributed by atoms with Crippen LogP contribution in [0.15, 0.2) is 29.1 Å². The van der Waals surface area contributed by atoms with Crippen LogP contribution in [0.5, 0.6) is 0 Å². The van der Waals surface area contributed by atoms with Crippen molar-refractivity contribution in [2.24, 2.45) is 10.7 Å². The predicted molar refractivity (Wildman–Crippen MR) is 59.9 cm³/mol. The van der Waals surface area contributed by atoms with Gasteiger partial charge in [-0.25, -0.2) is 4.99 Å². The molecular weight excluding hydrogens is 184 g/mol. The molecule has 0 saturated carbocycles. The number of aliphatic hydroxyl groups is 1. The molecule has 0 aromatic heterocycles. The highest BCUT2D eigenvalue weighted by Crippen LogP contribution is 2.08. The molecule has 74 valence electrons. The summed E-state index contributed by atoms with van der Waals surface area (Å²) in [5.41, 5.74) is 6.34. The van der Waals surface area contributed by atoms with Crippen molar-refractivity contribution in [2.45, 2.75) is 20.3 Å². The highest BCUT2D eigenvalue weighted by molar-refractivity contribution is 8.13. The predicted octanol–water partition coefficient (Wildman–Crippen LogP) is 2.42. The van der Waals surface area contributed by atoms with Gasteiger partial charge in [0, 0.05) is 11.8 Å². The molecule has 3 nitrogen and oxygen atoms in total. The van der Waals surface area contributed by atoms with Gasteiger partial charge in [0.05, 0.1) is 0 Å². The van der Waals surface area contributed by atoms with Gasteiger partial charge in [0.25, 0.3) is 0 Å². The Kier molecular flexibility index (Phi) is 6.14. The molecule has 0 aromatic rings. The Morgan fingerprint density at radius 2 is 2.23 bits per heavy atom. The van der Waals surface area contributed by atoms with Gasteiger partial charge in [0.2, 0.25) is 0 Å². The van der Waals surface area contributed by atoms with Gasteiger partial charge in [-0.2, -0.15) is 0 Å². The molecule has 0 aromatic carbocycles. The Bertz CT molecular complexity index is 234. The number of allylic oxidation sites excluding steroid dienone is 2. The Morgan fingerprint density at radius 3 is 2.62 bits per heavy atom. The molecule has 0 rings (SSSR count). The average Bonchev–Trinajstić information content (AvgIpc) is 2.02. The molecule has 0 saturated heterocycles. The molecule has 0 atom stereocenters. The fraction of sp³-hybridized carbons (Fsp3) is 0.444. The number of aliphatic imine (C=N–C) groups is 1. The van der Waals surface area contributed by atoms with Crippen molar-refractivity contribution in [1.82, 2.24) is 0 Å². The van der Waals surface area contributed by atoms with Crippen LogP contribution in [0.4, 0.5) is 0 Å². The zero-order valence-corrected chi connectivity index (χ0v) is 8.90. The third kappa shape index (κ3) is 6.28. The number of rotatable bonds is 4. The fourth-order valence-electron chi connectivity index (χ4n) is 0.727. The van der Waals surface area contributed by atoms with Gasteiger partial charge < -0.3 is 10.8 Å². The first-order chi connectivity index (χ1) is 6.10. The van der Waals surface area contributed by atoms with E-state index in [1.807, 2.05) is 13.8 Å². The summed E-state index contributed by atoms with van der Waals surface area (Å²) in [6.45, 7) is 7.31. The number of nitrogens with zero attached hydrogens (tertiary/aromatic N) is 1. The van der Waals surface area contributed by atoms with Crippen LogP contribution in [0.3, 0.4) is 0 Å². The van der Waals surface area contributed by atoms with Crippen molar-refractivity contribution in [2.75, 3.05) is 5.75 Å². The van der Waals surface area contributed by atoms with Gasteiger partial charge in [-0.05, 0) is 12.2 Å². The molecule has 0 heterocycles. The van der Waals surface area contributed by atoms with E-state index in [0.717, 1.165) is 17.9 Å². The first-order valence-electron chi connectivity index (χ1n) is 4.15. The topological polar surface area (TPSA) is 58.6 Å². The minimum atomic E-state index is 0.00917. The first kappa shape index (κ1) is 12.1. The summed E-state index contributed by atoms with van der Waals surface area (Å²) in [5, 5.41) is 9.43. The van der Waals surface area contributed by atoms with Gasteiger partial charge in [0.1, 0.15) is 5.76 Å².